The van der Waals surface area contributed by atoms with E-state index in [4.69, 9.17) is 0 Å². The summed E-state index contributed by atoms with van der Waals surface area (Å²) in [6.45, 7) is -0.0616. The van der Waals surface area contributed by atoms with Crippen LogP contribution in [0.4, 0.5) is 8.78 Å². The molecule has 2 N–H and O–H groups in total. The summed E-state index contributed by atoms with van der Waals surface area (Å²) in [4.78, 5) is 13.3. The van der Waals surface area contributed by atoms with Crippen molar-refractivity contribution in [2.45, 2.75) is 6.10 Å². The fourth-order valence-electron chi connectivity index (χ4n) is 2.15. The van der Waals surface area contributed by atoms with E-state index in [9.17, 15) is 18.7 Å². The summed E-state index contributed by atoms with van der Waals surface area (Å²) in [7, 11) is 0. The number of hydrogen-bond donors (Lipinski definition) is 2. The Morgan fingerprint density at radius 3 is 2.32 bits per heavy atom. The Morgan fingerprint density at radius 1 is 1.08 bits per heavy atom. The number of amides is 1. The van der Waals surface area contributed by atoms with E-state index < -0.39 is 17.8 Å². The lowest BCUT2D eigenvalue weighted by Gasteiger charge is -2.11. The number of nitrogens with one attached hydrogen (secondary N) is 1. The molecule has 1 atom stereocenters. The maximum absolute atomic E-state index is 12.9. The largest absolute Gasteiger partial charge is 0.387 e. The number of carbonyl (C=O) groups excluding carboxylic acids is 1. The van der Waals surface area contributed by atoms with E-state index in [0.717, 1.165) is 0 Å². The summed E-state index contributed by atoms with van der Waals surface area (Å²) >= 11 is 0. The summed E-state index contributed by atoms with van der Waals surface area (Å²) in [5.74, 6) is -1.31. The zero-order chi connectivity index (χ0) is 17.8. The van der Waals surface area contributed by atoms with E-state index in [2.05, 4.69) is 15.5 Å². The van der Waals surface area contributed by atoms with Gasteiger partial charge in [-0.1, -0.05) is 12.1 Å². The van der Waals surface area contributed by atoms with Gasteiger partial charge < -0.3 is 10.4 Å². The molecular formula is C17H14F2N4O2. The Morgan fingerprint density at radius 2 is 1.68 bits per heavy atom. The van der Waals surface area contributed by atoms with E-state index in [-0.39, 0.29) is 18.1 Å². The van der Waals surface area contributed by atoms with Crippen LogP contribution in [0.15, 0.2) is 54.7 Å². The van der Waals surface area contributed by atoms with Gasteiger partial charge >= 0.3 is 0 Å². The van der Waals surface area contributed by atoms with Gasteiger partial charge in [0.25, 0.3) is 5.91 Å². The number of aliphatic hydroxyl groups excluding tert-OH is 1. The summed E-state index contributed by atoms with van der Waals surface area (Å²) in [6, 6.07) is 10.8. The number of aromatic nitrogens is 3. The van der Waals surface area contributed by atoms with Crippen molar-refractivity contribution in [1.82, 2.24) is 20.3 Å². The second-order valence-electron chi connectivity index (χ2n) is 5.27. The van der Waals surface area contributed by atoms with E-state index in [1.165, 1.54) is 59.5 Å². The molecule has 0 aliphatic heterocycles. The molecule has 1 aromatic heterocycles. The highest BCUT2D eigenvalue weighted by atomic mass is 19.1. The molecule has 0 bridgehead atoms. The Balaban J connectivity index is 1.62. The first kappa shape index (κ1) is 16.7. The average molecular weight is 344 g/mol. The van der Waals surface area contributed by atoms with Crippen LogP contribution in [0.2, 0.25) is 0 Å². The number of rotatable bonds is 5. The quantitative estimate of drug-likeness (QED) is 0.742. The minimum Gasteiger partial charge on any atom is -0.387 e. The van der Waals surface area contributed by atoms with Crippen molar-refractivity contribution >= 4 is 5.91 Å². The molecule has 0 saturated heterocycles. The lowest BCUT2D eigenvalue weighted by molar-refractivity contribution is 0.0911. The molecule has 8 heteroatoms. The molecule has 128 valence electrons. The maximum Gasteiger partial charge on any atom is 0.273 e. The van der Waals surface area contributed by atoms with Gasteiger partial charge in [0.05, 0.1) is 18.0 Å². The highest BCUT2D eigenvalue weighted by molar-refractivity contribution is 5.91. The minimum absolute atomic E-state index is 0.0515. The fourth-order valence-corrected chi connectivity index (χ4v) is 2.15. The van der Waals surface area contributed by atoms with E-state index in [1.807, 2.05) is 0 Å². The van der Waals surface area contributed by atoms with Crippen molar-refractivity contribution < 1.29 is 18.7 Å². The van der Waals surface area contributed by atoms with Crippen molar-refractivity contribution in [3.63, 3.8) is 0 Å². The molecule has 25 heavy (non-hydrogen) atoms. The van der Waals surface area contributed by atoms with E-state index >= 15 is 0 Å². The Kier molecular flexibility index (Phi) is 4.80. The first-order chi connectivity index (χ1) is 12.0. The van der Waals surface area contributed by atoms with E-state index in [1.54, 1.807) is 0 Å². The van der Waals surface area contributed by atoms with Crippen LogP contribution < -0.4 is 5.32 Å². The summed E-state index contributed by atoms with van der Waals surface area (Å²) in [5.41, 5.74) is 1.04. The second-order valence-corrected chi connectivity index (χ2v) is 5.27. The van der Waals surface area contributed by atoms with Crippen molar-refractivity contribution in [2.24, 2.45) is 0 Å². The van der Waals surface area contributed by atoms with Crippen LogP contribution in [0, 0.1) is 11.6 Å². The smallest absolute Gasteiger partial charge is 0.273 e. The van der Waals surface area contributed by atoms with Crippen LogP contribution in [-0.4, -0.2) is 32.6 Å². The predicted octanol–water partition coefficient (Wildman–Crippen LogP) is 2.01. The number of aliphatic hydroxyl groups is 1. The van der Waals surface area contributed by atoms with Crippen LogP contribution in [0.5, 0.6) is 0 Å². The number of nitrogens with zero attached hydrogens (tertiary/aromatic N) is 3. The van der Waals surface area contributed by atoms with Gasteiger partial charge in [-0.25, -0.2) is 8.78 Å². The monoisotopic (exact) mass is 344 g/mol. The molecule has 0 fully saturated rings. The molecule has 3 rings (SSSR count). The lowest BCUT2D eigenvalue weighted by atomic mass is 10.1. The first-order valence-electron chi connectivity index (χ1n) is 7.43. The molecule has 3 aromatic rings. The molecule has 6 nitrogen and oxygen atoms in total. The molecule has 0 aliphatic carbocycles. The van der Waals surface area contributed by atoms with Gasteiger partial charge in [0.1, 0.15) is 11.6 Å². The first-order valence-corrected chi connectivity index (χ1v) is 7.43. The summed E-state index contributed by atoms with van der Waals surface area (Å²) in [5, 5.41) is 20.5. The maximum atomic E-state index is 12.9. The van der Waals surface area contributed by atoms with Crippen LogP contribution in [0.25, 0.3) is 5.69 Å². The Bertz CT molecular complexity index is 863. The molecule has 0 aliphatic rings. The number of carbonyl (C=O) groups is 1. The average Bonchev–Trinajstić information content (AvgIpc) is 3.11. The summed E-state index contributed by atoms with van der Waals surface area (Å²) in [6.07, 6.45) is 0.292. The third kappa shape index (κ3) is 4.04. The van der Waals surface area contributed by atoms with E-state index in [0.29, 0.717) is 11.3 Å². The molecule has 0 spiro atoms. The number of halogens is 2. The molecule has 1 amide bonds. The SMILES string of the molecule is O=C(NCC(O)c1ccc(F)cc1)c1cnn(-c2ccc(F)cc2)n1. The predicted molar refractivity (Wildman–Crippen MR) is 85.0 cm³/mol. The second kappa shape index (κ2) is 7.18. The van der Waals surface area contributed by atoms with Gasteiger partial charge in [-0.2, -0.15) is 9.90 Å². The van der Waals surface area contributed by atoms with Crippen molar-refractivity contribution in [3.8, 4) is 5.69 Å². The normalized spacial score (nSPS) is 12.0. The third-order valence-electron chi connectivity index (χ3n) is 3.49. The van der Waals surface area contributed by atoms with Gasteiger partial charge in [0, 0.05) is 6.54 Å². The van der Waals surface area contributed by atoms with Crippen molar-refractivity contribution in [2.75, 3.05) is 6.54 Å². The van der Waals surface area contributed by atoms with Crippen LogP contribution in [0.3, 0.4) is 0 Å². The Labute approximate surface area is 141 Å². The van der Waals surface area contributed by atoms with Gasteiger partial charge in [-0.05, 0) is 42.0 Å². The highest BCUT2D eigenvalue weighted by Gasteiger charge is 2.14. The highest BCUT2D eigenvalue weighted by Crippen LogP contribution is 2.12. The zero-order valence-corrected chi connectivity index (χ0v) is 12.9. The molecule has 1 heterocycles. The van der Waals surface area contributed by atoms with Crippen molar-refractivity contribution in [3.05, 3.63) is 77.6 Å². The standard InChI is InChI=1S/C17H14F2N4O2/c18-12-3-1-11(2-4-12)16(24)10-20-17(25)15-9-21-23(22-15)14-7-5-13(19)6-8-14/h1-9,16,24H,10H2,(H,20,25). The molecule has 0 radical (unpaired) electrons. The van der Waals surface area contributed by atoms with Gasteiger partial charge in [-0.15, -0.1) is 5.10 Å². The lowest BCUT2D eigenvalue weighted by Crippen LogP contribution is -2.28. The Hall–Kier alpha value is -3.13. The van der Waals surface area contributed by atoms with Gasteiger partial charge in [0.2, 0.25) is 0 Å². The molecular weight excluding hydrogens is 330 g/mol. The van der Waals surface area contributed by atoms with Crippen LogP contribution >= 0.6 is 0 Å². The molecule has 2 aromatic carbocycles. The molecule has 1 unspecified atom stereocenters. The number of hydrogen-bond acceptors (Lipinski definition) is 4. The zero-order valence-electron chi connectivity index (χ0n) is 12.9. The minimum atomic E-state index is -0.975. The van der Waals surface area contributed by atoms with Crippen molar-refractivity contribution in [1.29, 1.82) is 0 Å². The third-order valence-corrected chi connectivity index (χ3v) is 3.49. The topological polar surface area (TPSA) is 80.0 Å². The van der Waals surface area contributed by atoms with Crippen LogP contribution in [-0.2, 0) is 0 Å². The number of benzene rings is 2. The van der Waals surface area contributed by atoms with Gasteiger partial charge in [-0.3, -0.25) is 4.79 Å². The summed E-state index contributed by atoms with van der Waals surface area (Å²) < 4.78 is 25.8. The van der Waals surface area contributed by atoms with Gasteiger partial charge in [0.15, 0.2) is 5.69 Å². The molecule has 0 saturated carbocycles. The van der Waals surface area contributed by atoms with Crippen LogP contribution in [0.1, 0.15) is 22.2 Å². The fraction of sp³-hybridized carbons (Fsp3) is 0.118.